The summed E-state index contributed by atoms with van der Waals surface area (Å²) in [5.74, 6) is 1.20. The molecule has 5 aliphatic rings. The Labute approximate surface area is 335 Å². The van der Waals surface area contributed by atoms with E-state index in [1.54, 1.807) is 11.1 Å². The summed E-state index contributed by atoms with van der Waals surface area (Å²) in [7, 11) is 2.00. The van der Waals surface area contributed by atoms with Gasteiger partial charge in [-0.25, -0.2) is 9.97 Å². The van der Waals surface area contributed by atoms with Crippen molar-refractivity contribution in [1.82, 2.24) is 40.2 Å². The number of hydrogen-bond donors (Lipinski definition) is 3. The van der Waals surface area contributed by atoms with E-state index in [-0.39, 0.29) is 24.1 Å². The summed E-state index contributed by atoms with van der Waals surface area (Å²) < 4.78 is 1.97. The number of likely N-dealkylation sites (tertiary alicyclic amines) is 1. The number of piperidine rings is 2. The first-order chi connectivity index (χ1) is 27.3. The number of halogens is 1. The molecule has 1 aromatic carbocycles. The molecule has 12 nitrogen and oxygen atoms in total. The number of carbonyl (C=O) groups is 3. The topological polar surface area (TPSA) is 137 Å². The molecule has 0 spiro atoms. The Morgan fingerprint density at radius 3 is 2.43 bits per heavy atom. The first-order valence-electron chi connectivity index (χ1n) is 21.3. The Morgan fingerprint density at radius 2 is 1.64 bits per heavy atom. The number of anilines is 1. The van der Waals surface area contributed by atoms with E-state index in [9.17, 15) is 14.4 Å². The molecular weight excluding hydrogens is 726 g/mol. The molecule has 3 N–H and O–H groups in total. The maximum atomic E-state index is 13.1. The number of benzene rings is 1. The third-order valence-electron chi connectivity index (χ3n) is 13.0. The van der Waals surface area contributed by atoms with Crippen LogP contribution in [0.2, 0.25) is 5.02 Å². The van der Waals surface area contributed by atoms with Gasteiger partial charge in [0.25, 0.3) is 5.91 Å². The molecule has 3 aromatic rings. The van der Waals surface area contributed by atoms with E-state index in [1.807, 2.05) is 24.0 Å². The zero-order valence-corrected chi connectivity index (χ0v) is 33.7. The van der Waals surface area contributed by atoms with Crippen LogP contribution in [0.4, 0.5) is 5.95 Å². The SMILES string of the molecule is Cn1ncc(-c2nc(NC3CCC(NCCCCCCCN4CCC(c5ccc6c(c5)CN(C5CCC(=O)NC5=O)C6=O)CC4)CC3)ncc2Cl)c1CC1CC1. The maximum absolute atomic E-state index is 13.1. The van der Waals surface area contributed by atoms with E-state index in [1.165, 1.54) is 62.7 Å². The molecule has 0 bridgehead atoms. The van der Waals surface area contributed by atoms with Gasteiger partial charge >= 0.3 is 0 Å². The van der Waals surface area contributed by atoms with Crippen molar-refractivity contribution in [3.05, 3.63) is 58.0 Å². The molecule has 56 heavy (non-hydrogen) atoms. The highest BCUT2D eigenvalue weighted by Gasteiger charge is 2.39. The number of amides is 3. The molecule has 3 amide bonds. The predicted molar refractivity (Wildman–Crippen MR) is 217 cm³/mol. The van der Waals surface area contributed by atoms with Crippen molar-refractivity contribution >= 4 is 35.3 Å². The van der Waals surface area contributed by atoms with Crippen LogP contribution < -0.4 is 16.0 Å². The van der Waals surface area contributed by atoms with E-state index in [4.69, 9.17) is 16.6 Å². The lowest BCUT2D eigenvalue weighted by Gasteiger charge is -2.32. The molecule has 13 heteroatoms. The van der Waals surface area contributed by atoms with Crippen LogP contribution in [0.1, 0.15) is 129 Å². The van der Waals surface area contributed by atoms with Crippen molar-refractivity contribution in [3.63, 3.8) is 0 Å². The smallest absolute Gasteiger partial charge is 0.255 e. The molecule has 2 saturated carbocycles. The molecule has 1 atom stereocenters. The number of unbranched alkanes of at least 4 members (excludes halogenated alkanes) is 4. The van der Waals surface area contributed by atoms with Crippen molar-refractivity contribution in [3.8, 4) is 11.3 Å². The molecule has 4 fully saturated rings. The average Bonchev–Trinajstić information content (AvgIpc) is 3.88. The maximum Gasteiger partial charge on any atom is 0.255 e. The van der Waals surface area contributed by atoms with Crippen LogP contribution in [0.5, 0.6) is 0 Å². The lowest BCUT2D eigenvalue weighted by atomic mass is 9.88. The standard InChI is InChI=1S/C43H58ClN9O3/c1-51-38(23-28-7-8-28)35(25-47-51)40-36(44)26-46-43(50-40)48-33-12-10-32(11-13-33)45-19-5-3-2-4-6-20-52-21-17-29(18-22-52)30-9-14-34-31(24-30)27-53(42(34)56)37-15-16-39(54)49-41(37)55/h9,14,24-26,28-29,32-33,37,45H,2-8,10-13,15-23,27H2,1H3,(H,46,48,50)(H,49,54,55). The van der Waals surface area contributed by atoms with E-state index < -0.39 is 6.04 Å². The molecular formula is C43H58ClN9O3. The Hall–Kier alpha value is -3.87. The quantitative estimate of drug-likeness (QED) is 0.112. The zero-order chi connectivity index (χ0) is 38.6. The normalized spacial score (nSPS) is 23.4. The molecule has 1 unspecified atom stereocenters. The van der Waals surface area contributed by atoms with Gasteiger partial charge in [-0.3, -0.25) is 24.4 Å². The molecule has 8 rings (SSSR count). The number of nitrogens with zero attached hydrogens (tertiary/aromatic N) is 6. The van der Waals surface area contributed by atoms with Crippen LogP contribution in [0.3, 0.4) is 0 Å². The zero-order valence-electron chi connectivity index (χ0n) is 32.9. The average molecular weight is 784 g/mol. The third kappa shape index (κ3) is 9.29. The molecule has 0 radical (unpaired) electrons. The third-order valence-corrected chi connectivity index (χ3v) is 13.3. The number of nitrogens with one attached hydrogen (secondary N) is 3. The van der Waals surface area contributed by atoms with Crippen LogP contribution in [-0.4, -0.2) is 91.6 Å². The Balaban J connectivity index is 0.674. The second-order valence-corrected chi connectivity index (χ2v) is 17.4. The highest BCUT2D eigenvalue weighted by Crippen LogP contribution is 2.37. The second kappa shape index (κ2) is 17.7. The van der Waals surface area contributed by atoms with Crippen LogP contribution in [-0.2, 0) is 29.6 Å². The van der Waals surface area contributed by atoms with Crippen LogP contribution in [0.25, 0.3) is 11.3 Å². The lowest BCUT2D eigenvalue weighted by Crippen LogP contribution is -2.52. The van der Waals surface area contributed by atoms with Crippen molar-refractivity contribution < 1.29 is 14.4 Å². The molecule has 2 aromatic heterocycles. The molecule has 2 aliphatic carbocycles. The van der Waals surface area contributed by atoms with E-state index >= 15 is 0 Å². The molecule has 3 aliphatic heterocycles. The van der Waals surface area contributed by atoms with Gasteiger partial charge in [0.15, 0.2) is 0 Å². The summed E-state index contributed by atoms with van der Waals surface area (Å²) in [6.07, 6.45) is 21.1. The van der Waals surface area contributed by atoms with Gasteiger partial charge in [-0.15, -0.1) is 0 Å². The highest BCUT2D eigenvalue weighted by atomic mass is 35.5. The summed E-state index contributed by atoms with van der Waals surface area (Å²) in [4.78, 5) is 50.7. The monoisotopic (exact) mass is 783 g/mol. The Bertz CT molecular complexity index is 1880. The summed E-state index contributed by atoms with van der Waals surface area (Å²) in [5, 5.41) is 14.9. The molecule has 300 valence electrons. The minimum absolute atomic E-state index is 0.0986. The van der Waals surface area contributed by atoms with Crippen molar-refractivity contribution in [2.75, 3.05) is 31.5 Å². The number of fused-ring (bicyclic) bond motifs is 1. The van der Waals surface area contributed by atoms with Gasteiger partial charge < -0.3 is 20.4 Å². The lowest BCUT2D eigenvalue weighted by molar-refractivity contribution is -0.136. The fourth-order valence-electron chi connectivity index (χ4n) is 9.38. The summed E-state index contributed by atoms with van der Waals surface area (Å²) in [6, 6.07) is 6.66. The number of aryl methyl sites for hydroxylation is 1. The summed E-state index contributed by atoms with van der Waals surface area (Å²) in [5.41, 5.74) is 6.02. The van der Waals surface area contributed by atoms with Gasteiger partial charge in [0, 0.05) is 48.9 Å². The van der Waals surface area contributed by atoms with E-state index in [0.29, 0.717) is 47.5 Å². The number of aromatic nitrogens is 4. The van der Waals surface area contributed by atoms with Crippen LogP contribution in [0, 0.1) is 5.92 Å². The Kier molecular flexibility index (Phi) is 12.3. The first-order valence-corrected chi connectivity index (χ1v) is 21.7. The minimum Gasteiger partial charge on any atom is -0.351 e. The van der Waals surface area contributed by atoms with Gasteiger partial charge in [-0.2, -0.15) is 5.10 Å². The number of carbonyl (C=O) groups excluding carboxylic acids is 3. The van der Waals surface area contributed by atoms with Crippen LogP contribution in [0.15, 0.2) is 30.6 Å². The van der Waals surface area contributed by atoms with Gasteiger partial charge in [0.2, 0.25) is 17.8 Å². The number of hydrogen-bond acceptors (Lipinski definition) is 9. The first kappa shape index (κ1) is 39.0. The predicted octanol–water partition coefficient (Wildman–Crippen LogP) is 6.39. The molecule has 2 saturated heterocycles. The molecule has 5 heterocycles. The Morgan fingerprint density at radius 1 is 0.875 bits per heavy atom. The van der Waals surface area contributed by atoms with Gasteiger partial charge in [-0.05, 0) is 132 Å². The van der Waals surface area contributed by atoms with Crippen molar-refractivity contribution in [2.24, 2.45) is 13.0 Å². The minimum atomic E-state index is -0.563. The van der Waals surface area contributed by atoms with Crippen molar-refractivity contribution in [2.45, 2.75) is 133 Å². The van der Waals surface area contributed by atoms with Gasteiger partial charge in [-0.1, -0.05) is 43.0 Å². The van der Waals surface area contributed by atoms with Crippen molar-refractivity contribution in [1.29, 1.82) is 0 Å². The highest BCUT2D eigenvalue weighted by molar-refractivity contribution is 6.33. The number of rotatable bonds is 16. The fraction of sp³-hybridized carbons (Fsp3) is 0.628. The number of imide groups is 1. The van der Waals surface area contributed by atoms with Gasteiger partial charge in [0.05, 0.1) is 23.1 Å². The fourth-order valence-corrected chi connectivity index (χ4v) is 9.58. The van der Waals surface area contributed by atoms with Gasteiger partial charge in [0.1, 0.15) is 6.04 Å². The van der Waals surface area contributed by atoms with E-state index in [0.717, 1.165) is 87.3 Å². The van der Waals surface area contributed by atoms with Crippen LogP contribution >= 0.6 is 11.6 Å². The van der Waals surface area contributed by atoms with E-state index in [2.05, 4.69) is 43.1 Å². The largest absolute Gasteiger partial charge is 0.351 e. The summed E-state index contributed by atoms with van der Waals surface area (Å²) >= 11 is 6.59. The second-order valence-electron chi connectivity index (χ2n) is 17.0. The summed E-state index contributed by atoms with van der Waals surface area (Å²) in [6.45, 7) is 4.95.